The molecule has 3 nitrogen and oxygen atoms in total. The van der Waals surface area contributed by atoms with Crippen LogP contribution in [0.3, 0.4) is 0 Å². The quantitative estimate of drug-likeness (QED) is 0.652. The van der Waals surface area contributed by atoms with Crippen molar-refractivity contribution in [3.8, 4) is 0 Å². The SMILES string of the molecule is CC(C)(C)OC(=O)C1(F)C=CC(Cl)=NC1. The molecule has 1 aliphatic heterocycles. The second kappa shape index (κ2) is 3.93. The van der Waals surface area contributed by atoms with Crippen molar-refractivity contribution < 1.29 is 13.9 Å². The molecule has 84 valence electrons. The van der Waals surface area contributed by atoms with Gasteiger partial charge in [0.2, 0.25) is 5.67 Å². The lowest BCUT2D eigenvalue weighted by Crippen LogP contribution is -2.42. The molecule has 1 aliphatic rings. The second-order valence-corrected chi connectivity index (χ2v) is 4.72. The van der Waals surface area contributed by atoms with Gasteiger partial charge in [0.15, 0.2) is 0 Å². The Kier molecular flexibility index (Phi) is 3.19. The maximum absolute atomic E-state index is 13.9. The Morgan fingerprint density at radius 2 is 2.27 bits per heavy atom. The number of allylic oxidation sites excluding steroid dienone is 1. The van der Waals surface area contributed by atoms with Gasteiger partial charge in [0.1, 0.15) is 10.8 Å². The fourth-order valence-electron chi connectivity index (χ4n) is 0.992. The summed E-state index contributed by atoms with van der Waals surface area (Å²) in [6.45, 7) is 4.71. The summed E-state index contributed by atoms with van der Waals surface area (Å²) in [7, 11) is 0. The minimum atomic E-state index is -2.19. The Balaban J connectivity index is 2.73. The number of aliphatic imine (C=N–C) groups is 1. The van der Waals surface area contributed by atoms with E-state index in [9.17, 15) is 9.18 Å². The maximum atomic E-state index is 13.9. The number of hydrogen-bond acceptors (Lipinski definition) is 3. The Labute approximate surface area is 93.0 Å². The summed E-state index contributed by atoms with van der Waals surface area (Å²) < 4.78 is 18.9. The first kappa shape index (κ1) is 12.2. The number of halogens is 2. The zero-order chi connectivity index (χ0) is 11.7. The van der Waals surface area contributed by atoms with Gasteiger partial charge >= 0.3 is 5.97 Å². The maximum Gasteiger partial charge on any atom is 0.350 e. The van der Waals surface area contributed by atoms with Crippen molar-refractivity contribution in [3.63, 3.8) is 0 Å². The van der Waals surface area contributed by atoms with Gasteiger partial charge in [0, 0.05) is 0 Å². The number of ether oxygens (including phenoxy) is 1. The summed E-state index contributed by atoms with van der Waals surface area (Å²) >= 11 is 5.53. The Hall–Kier alpha value is -0.900. The fraction of sp³-hybridized carbons (Fsp3) is 0.600. The average Bonchev–Trinajstić information content (AvgIpc) is 2.07. The molecule has 0 aromatic carbocycles. The second-order valence-electron chi connectivity index (χ2n) is 4.34. The summed E-state index contributed by atoms with van der Waals surface area (Å²) in [5, 5.41) is 0.187. The molecule has 5 heteroatoms. The Morgan fingerprint density at radius 3 is 2.67 bits per heavy atom. The van der Waals surface area contributed by atoms with Crippen molar-refractivity contribution in [1.29, 1.82) is 0 Å². The first-order valence-electron chi connectivity index (χ1n) is 4.54. The number of alkyl halides is 1. The summed E-state index contributed by atoms with van der Waals surface area (Å²) in [4.78, 5) is 15.1. The van der Waals surface area contributed by atoms with E-state index in [1.165, 1.54) is 6.08 Å². The fourth-order valence-corrected chi connectivity index (χ4v) is 1.12. The van der Waals surface area contributed by atoms with Crippen LogP contribution in [0.2, 0.25) is 0 Å². The molecule has 0 spiro atoms. The van der Waals surface area contributed by atoms with Crippen LogP contribution in [0.1, 0.15) is 20.8 Å². The predicted molar refractivity (Wildman–Crippen MR) is 57.0 cm³/mol. The van der Waals surface area contributed by atoms with Crippen LogP contribution in [0.15, 0.2) is 17.1 Å². The summed E-state index contributed by atoms with van der Waals surface area (Å²) in [5.41, 5.74) is -2.90. The highest BCUT2D eigenvalue weighted by Crippen LogP contribution is 2.23. The highest BCUT2D eigenvalue weighted by molar-refractivity contribution is 6.68. The zero-order valence-electron chi connectivity index (χ0n) is 8.88. The molecule has 0 saturated heterocycles. The van der Waals surface area contributed by atoms with E-state index in [2.05, 4.69) is 4.99 Å². The van der Waals surface area contributed by atoms with E-state index in [0.29, 0.717) is 0 Å². The van der Waals surface area contributed by atoms with E-state index in [0.717, 1.165) is 6.08 Å². The van der Waals surface area contributed by atoms with E-state index < -0.39 is 17.2 Å². The van der Waals surface area contributed by atoms with Crippen LogP contribution >= 0.6 is 11.6 Å². The average molecular weight is 234 g/mol. The van der Waals surface area contributed by atoms with Gasteiger partial charge in [-0.3, -0.25) is 4.99 Å². The first-order chi connectivity index (χ1) is 6.73. The molecule has 0 saturated carbocycles. The highest BCUT2D eigenvalue weighted by Gasteiger charge is 2.41. The monoisotopic (exact) mass is 233 g/mol. The summed E-state index contributed by atoms with van der Waals surface area (Å²) in [6.07, 6.45) is 2.34. The van der Waals surface area contributed by atoms with Gasteiger partial charge < -0.3 is 4.74 Å². The van der Waals surface area contributed by atoms with Crippen LogP contribution in [-0.4, -0.2) is 29.0 Å². The normalized spacial score (nSPS) is 26.1. The lowest BCUT2D eigenvalue weighted by atomic mass is 10.0. The topological polar surface area (TPSA) is 38.7 Å². The molecule has 0 fully saturated rings. The third-order valence-electron chi connectivity index (χ3n) is 1.68. The van der Waals surface area contributed by atoms with Gasteiger partial charge in [-0.2, -0.15) is 0 Å². The van der Waals surface area contributed by atoms with Crippen LogP contribution in [0, 0.1) is 0 Å². The standard InChI is InChI=1S/C10H13ClFNO2/c1-9(2,3)15-8(14)10(12)5-4-7(11)13-6-10/h4-5H,6H2,1-3H3. The van der Waals surface area contributed by atoms with Crippen LogP contribution < -0.4 is 0 Å². The molecule has 0 amide bonds. The van der Waals surface area contributed by atoms with Crippen molar-refractivity contribution in [3.05, 3.63) is 12.2 Å². The highest BCUT2D eigenvalue weighted by atomic mass is 35.5. The third kappa shape index (κ3) is 3.30. The van der Waals surface area contributed by atoms with Crippen molar-refractivity contribution in [2.45, 2.75) is 32.0 Å². The van der Waals surface area contributed by atoms with Crippen molar-refractivity contribution >= 4 is 22.7 Å². The van der Waals surface area contributed by atoms with E-state index in [-0.39, 0.29) is 11.7 Å². The Bertz CT molecular complexity index is 333. The van der Waals surface area contributed by atoms with E-state index in [1.54, 1.807) is 20.8 Å². The molecular formula is C10H13ClFNO2. The summed E-state index contributed by atoms with van der Waals surface area (Å²) in [5.74, 6) is -0.931. The largest absolute Gasteiger partial charge is 0.457 e. The van der Waals surface area contributed by atoms with E-state index in [1.807, 2.05) is 0 Å². The van der Waals surface area contributed by atoms with Gasteiger partial charge in [0.25, 0.3) is 0 Å². The van der Waals surface area contributed by atoms with Crippen LogP contribution in [0.5, 0.6) is 0 Å². The van der Waals surface area contributed by atoms with Crippen molar-refractivity contribution in [1.82, 2.24) is 0 Å². The molecule has 0 aromatic heterocycles. The minimum Gasteiger partial charge on any atom is -0.457 e. The molecular weight excluding hydrogens is 221 g/mol. The molecule has 15 heavy (non-hydrogen) atoms. The molecule has 1 rings (SSSR count). The summed E-state index contributed by atoms with van der Waals surface area (Å²) in [6, 6.07) is 0. The van der Waals surface area contributed by atoms with Crippen molar-refractivity contribution in [2.75, 3.05) is 6.54 Å². The molecule has 0 bridgehead atoms. The zero-order valence-corrected chi connectivity index (χ0v) is 9.64. The molecule has 1 heterocycles. The number of esters is 1. The smallest absolute Gasteiger partial charge is 0.350 e. The molecule has 1 atom stereocenters. The number of nitrogens with zero attached hydrogens (tertiary/aromatic N) is 1. The van der Waals surface area contributed by atoms with E-state index in [4.69, 9.17) is 16.3 Å². The Morgan fingerprint density at radius 1 is 1.67 bits per heavy atom. The third-order valence-corrected chi connectivity index (χ3v) is 1.93. The predicted octanol–water partition coefficient (Wildman–Crippen LogP) is 2.24. The van der Waals surface area contributed by atoms with Gasteiger partial charge in [-0.25, -0.2) is 9.18 Å². The number of rotatable bonds is 1. The molecule has 1 unspecified atom stereocenters. The molecule has 0 N–H and O–H groups in total. The van der Waals surface area contributed by atoms with Crippen LogP contribution in [-0.2, 0) is 9.53 Å². The van der Waals surface area contributed by atoms with Crippen LogP contribution in [0.25, 0.3) is 0 Å². The molecule has 0 aromatic rings. The number of carbonyl (C=O) groups excluding carboxylic acids is 1. The van der Waals surface area contributed by atoms with Gasteiger partial charge in [-0.15, -0.1) is 0 Å². The van der Waals surface area contributed by atoms with Gasteiger partial charge in [-0.1, -0.05) is 11.6 Å². The van der Waals surface area contributed by atoms with E-state index >= 15 is 0 Å². The lowest BCUT2D eigenvalue weighted by Gasteiger charge is -2.26. The van der Waals surface area contributed by atoms with Gasteiger partial charge in [-0.05, 0) is 32.9 Å². The van der Waals surface area contributed by atoms with Crippen molar-refractivity contribution in [2.24, 2.45) is 4.99 Å². The van der Waals surface area contributed by atoms with Gasteiger partial charge in [0.05, 0.1) is 6.54 Å². The minimum absolute atomic E-state index is 0.187. The first-order valence-corrected chi connectivity index (χ1v) is 4.92. The molecule has 0 radical (unpaired) electrons. The number of carbonyl (C=O) groups is 1. The molecule has 0 aliphatic carbocycles. The number of dihydropyridines is 1. The van der Waals surface area contributed by atoms with Crippen LogP contribution in [0.4, 0.5) is 4.39 Å². The number of hydrogen-bond donors (Lipinski definition) is 0. The lowest BCUT2D eigenvalue weighted by molar-refractivity contribution is -0.165.